The standard InChI is InChI=1S/C20H24ClN3O3/c1-24(10-11-27-19-9-4-3-8-18(19)26-2)20(25)17-13-16(22-23-17)14-6-5-7-15(21)12-14/h3-9,12,16-17,22-23H,10-11,13H2,1-2H3. The van der Waals surface area contributed by atoms with Crippen LogP contribution in [0.15, 0.2) is 48.5 Å². The summed E-state index contributed by atoms with van der Waals surface area (Å²) in [5.74, 6) is 1.37. The zero-order valence-electron chi connectivity index (χ0n) is 15.4. The SMILES string of the molecule is COc1ccccc1OCCN(C)C(=O)C1CC(c2cccc(Cl)c2)NN1. The van der Waals surface area contributed by atoms with E-state index >= 15 is 0 Å². The molecule has 1 fully saturated rings. The fraction of sp³-hybridized carbons (Fsp3) is 0.350. The van der Waals surface area contributed by atoms with Gasteiger partial charge in [-0.25, -0.2) is 10.9 Å². The van der Waals surface area contributed by atoms with E-state index in [-0.39, 0.29) is 18.0 Å². The van der Waals surface area contributed by atoms with Gasteiger partial charge in [-0.1, -0.05) is 35.9 Å². The number of benzene rings is 2. The van der Waals surface area contributed by atoms with Crippen LogP contribution in [0.2, 0.25) is 5.02 Å². The first-order valence-corrected chi connectivity index (χ1v) is 9.23. The first-order valence-electron chi connectivity index (χ1n) is 8.86. The minimum Gasteiger partial charge on any atom is -0.493 e. The van der Waals surface area contributed by atoms with Crippen LogP contribution in [-0.2, 0) is 4.79 Å². The second-order valence-electron chi connectivity index (χ2n) is 6.44. The summed E-state index contributed by atoms with van der Waals surface area (Å²) < 4.78 is 11.0. The summed E-state index contributed by atoms with van der Waals surface area (Å²) in [7, 11) is 3.38. The normalized spacial score (nSPS) is 18.9. The van der Waals surface area contributed by atoms with Crippen LogP contribution in [0.4, 0.5) is 0 Å². The molecule has 1 saturated heterocycles. The van der Waals surface area contributed by atoms with Crippen LogP contribution >= 0.6 is 11.6 Å². The third-order valence-corrected chi connectivity index (χ3v) is 4.82. The quantitative estimate of drug-likeness (QED) is 0.762. The summed E-state index contributed by atoms with van der Waals surface area (Å²) in [6.07, 6.45) is 0.664. The average Bonchev–Trinajstić information content (AvgIpc) is 3.18. The Bertz CT molecular complexity index is 787. The van der Waals surface area contributed by atoms with Crippen LogP contribution in [-0.4, -0.2) is 44.2 Å². The van der Waals surface area contributed by atoms with Crippen LogP contribution in [0.3, 0.4) is 0 Å². The number of methoxy groups -OCH3 is 1. The first kappa shape index (κ1) is 19.5. The highest BCUT2D eigenvalue weighted by Crippen LogP contribution is 2.26. The maximum atomic E-state index is 12.7. The van der Waals surface area contributed by atoms with Crippen molar-refractivity contribution in [3.8, 4) is 11.5 Å². The molecule has 2 aromatic rings. The number of halogens is 1. The summed E-state index contributed by atoms with van der Waals surface area (Å²) in [5, 5.41) is 0.690. The number of rotatable bonds is 7. The molecule has 27 heavy (non-hydrogen) atoms. The lowest BCUT2D eigenvalue weighted by atomic mass is 10.0. The lowest BCUT2D eigenvalue weighted by Crippen LogP contribution is -2.45. The van der Waals surface area contributed by atoms with Crippen molar-refractivity contribution in [1.29, 1.82) is 0 Å². The van der Waals surface area contributed by atoms with Gasteiger partial charge in [0, 0.05) is 18.1 Å². The minimum absolute atomic E-state index is 0.0238. The van der Waals surface area contributed by atoms with Gasteiger partial charge in [0.25, 0.3) is 0 Å². The molecule has 0 spiro atoms. The van der Waals surface area contributed by atoms with E-state index in [1.165, 1.54) is 0 Å². The van der Waals surface area contributed by atoms with Crippen LogP contribution in [0.5, 0.6) is 11.5 Å². The molecular formula is C20H24ClN3O3. The van der Waals surface area contributed by atoms with Crippen molar-refractivity contribution in [2.45, 2.75) is 18.5 Å². The van der Waals surface area contributed by atoms with Gasteiger partial charge in [0.2, 0.25) is 5.91 Å². The molecule has 0 bridgehead atoms. The number of nitrogens with zero attached hydrogens (tertiary/aromatic N) is 1. The van der Waals surface area contributed by atoms with Gasteiger partial charge < -0.3 is 14.4 Å². The first-order chi connectivity index (χ1) is 13.1. The van der Waals surface area contributed by atoms with Crippen molar-refractivity contribution in [2.24, 2.45) is 0 Å². The van der Waals surface area contributed by atoms with E-state index in [9.17, 15) is 4.79 Å². The number of nitrogens with one attached hydrogen (secondary N) is 2. The fourth-order valence-electron chi connectivity index (χ4n) is 3.07. The van der Waals surface area contributed by atoms with Crippen molar-refractivity contribution in [3.05, 3.63) is 59.1 Å². The number of carbonyl (C=O) groups is 1. The summed E-state index contributed by atoms with van der Waals surface area (Å²) in [4.78, 5) is 14.3. The van der Waals surface area contributed by atoms with Crippen molar-refractivity contribution in [2.75, 3.05) is 27.3 Å². The maximum absolute atomic E-state index is 12.7. The third-order valence-electron chi connectivity index (χ3n) is 4.58. The molecule has 0 saturated carbocycles. The van der Waals surface area contributed by atoms with Crippen molar-refractivity contribution in [1.82, 2.24) is 15.8 Å². The van der Waals surface area contributed by atoms with Gasteiger partial charge >= 0.3 is 0 Å². The van der Waals surface area contributed by atoms with E-state index in [0.717, 1.165) is 5.56 Å². The predicted octanol–water partition coefficient (Wildman–Crippen LogP) is 2.79. The van der Waals surface area contributed by atoms with E-state index in [2.05, 4.69) is 10.9 Å². The van der Waals surface area contributed by atoms with Gasteiger partial charge in [-0.15, -0.1) is 0 Å². The Morgan fingerprint density at radius 1 is 1.19 bits per heavy atom. The van der Waals surface area contributed by atoms with Crippen LogP contribution in [0, 0.1) is 0 Å². The van der Waals surface area contributed by atoms with E-state index in [4.69, 9.17) is 21.1 Å². The van der Waals surface area contributed by atoms with Gasteiger partial charge in [-0.2, -0.15) is 0 Å². The highest BCUT2D eigenvalue weighted by Gasteiger charge is 2.31. The smallest absolute Gasteiger partial charge is 0.240 e. The molecule has 144 valence electrons. The molecule has 1 aliphatic heterocycles. The molecule has 0 aromatic heterocycles. The fourth-order valence-corrected chi connectivity index (χ4v) is 3.27. The lowest BCUT2D eigenvalue weighted by molar-refractivity contribution is -0.132. The van der Waals surface area contributed by atoms with Gasteiger partial charge in [0.15, 0.2) is 11.5 Å². The Morgan fingerprint density at radius 3 is 2.70 bits per heavy atom. The molecule has 1 aliphatic rings. The molecular weight excluding hydrogens is 366 g/mol. The molecule has 2 atom stereocenters. The highest BCUT2D eigenvalue weighted by molar-refractivity contribution is 6.30. The van der Waals surface area contributed by atoms with E-state index in [1.807, 2.05) is 48.5 Å². The zero-order valence-corrected chi connectivity index (χ0v) is 16.2. The number of carbonyl (C=O) groups excluding carboxylic acids is 1. The number of hydrogen-bond acceptors (Lipinski definition) is 5. The Kier molecular flexibility index (Phi) is 6.55. The summed E-state index contributed by atoms with van der Waals surface area (Å²) >= 11 is 6.06. The molecule has 2 unspecified atom stereocenters. The maximum Gasteiger partial charge on any atom is 0.240 e. The molecule has 0 aliphatic carbocycles. The van der Waals surface area contributed by atoms with Gasteiger partial charge in [-0.3, -0.25) is 4.79 Å². The Morgan fingerprint density at radius 2 is 1.96 bits per heavy atom. The number of amides is 1. The van der Waals surface area contributed by atoms with Crippen molar-refractivity contribution in [3.63, 3.8) is 0 Å². The Balaban J connectivity index is 1.49. The number of hydrogen-bond donors (Lipinski definition) is 2. The Labute approximate surface area is 164 Å². The average molecular weight is 390 g/mol. The molecule has 6 nitrogen and oxygen atoms in total. The largest absolute Gasteiger partial charge is 0.493 e. The number of ether oxygens (including phenoxy) is 2. The molecule has 2 N–H and O–H groups in total. The number of hydrazine groups is 1. The summed E-state index contributed by atoms with van der Waals surface area (Å²) in [5.41, 5.74) is 7.33. The summed E-state index contributed by atoms with van der Waals surface area (Å²) in [6, 6.07) is 14.9. The molecule has 1 amide bonds. The highest BCUT2D eigenvalue weighted by atomic mass is 35.5. The van der Waals surface area contributed by atoms with E-state index < -0.39 is 0 Å². The Hall–Kier alpha value is -2.28. The molecule has 3 rings (SSSR count). The third kappa shape index (κ3) is 4.91. The molecule has 1 heterocycles. The van der Waals surface area contributed by atoms with Gasteiger partial charge in [-0.05, 0) is 36.2 Å². The lowest BCUT2D eigenvalue weighted by Gasteiger charge is -2.21. The van der Waals surface area contributed by atoms with E-state index in [0.29, 0.717) is 36.1 Å². The number of likely N-dealkylation sites (N-methyl/N-ethyl adjacent to an activating group) is 1. The molecule has 0 radical (unpaired) electrons. The monoisotopic (exact) mass is 389 g/mol. The van der Waals surface area contributed by atoms with Crippen LogP contribution in [0.1, 0.15) is 18.0 Å². The molecule has 2 aromatic carbocycles. The predicted molar refractivity (Wildman–Crippen MR) is 105 cm³/mol. The topological polar surface area (TPSA) is 62.8 Å². The van der Waals surface area contributed by atoms with Crippen molar-refractivity contribution >= 4 is 17.5 Å². The minimum atomic E-state index is -0.287. The second-order valence-corrected chi connectivity index (χ2v) is 6.88. The van der Waals surface area contributed by atoms with Crippen LogP contribution < -0.4 is 20.3 Å². The second kappa shape index (κ2) is 9.08. The summed E-state index contributed by atoms with van der Waals surface area (Å²) in [6.45, 7) is 0.872. The van der Waals surface area contributed by atoms with Crippen molar-refractivity contribution < 1.29 is 14.3 Å². The van der Waals surface area contributed by atoms with E-state index in [1.54, 1.807) is 19.1 Å². The van der Waals surface area contributed by atoms with Crippen LogP contribution in [0.25, 0.3) is 0 Å². The zero-order chi connectivity index (χ0) is 19.2. The number of para-hydroxylation sites is 2. The van der Waals surface area contributed by atoms with Gasteiger partial charge in [0.1, 0.15) is 12.6 Å². The molecule has 7 heteroatoms. The van der Waals surface area contributed by atoms with Gasteiger partial charge in [0.05, 0.1) is 13.7 Å².